The van der Waals surface area contributed by atoms with E-state index in [0.29, 0.717) is 12.3 Å². The summed E-state index contributed by atoms with van der Waals surface area (Å²) in [6.07, 6.45) is 3.63. The Morgan fingerprint density at radius 1 is 1.30 bits per heavy atom. The van der Waals surface area contributed by atoms with Gasteiger partial charge in [-0.15, -0.1) is 0 Å². The van der Waals surface area contributed by atoms with Gasteiger partial charge in [0.25, 0.3) is 0 Å². The van der Waals surface area contributed by atoms with Crippen LogP contribution >= 0.6 is 0 Å². The first-order valence-electron chi connectivity index (χ1n) is 7.67. The van der Waals surface area contributed by atoms with E-state index in [4.69, 9.17) is 0 Å². The first-order chi connectivity index (χ1) is 9.38. The number of hydrogen-bond donors (Lipinski definition) is 1. The van der Waals surface area contributed by atoms with Crippen LogP contribution < -0.4 is 5.32 Å². The number of nitrogens with zero attached hydrogens (tertiary/aromatic N) is 2. The van der Waals surface area contributed by atoms with Gasteiger partial charge in [-0.3, -0.25) is 9.48 Å². The van der Waals surface area contributed by atoms with Gasteiger partial charge in [0.1, 0.15) is 0 Å². The molecule has 0 bridgehead atoms. The number of nitrogens with one attached hydrogen (secondary N) is 1. The van der Waals surface area contributed by atoms with Crippen LogP contribution in [0.5, 0.6) is 0 Å². The summed E-state index contributed by atoms with van der Waals surface area (Å²) in [5, 5.41) is 7.54. The number of aromatic nitrogens is 2. The van der Waals surface area contributed by atoms with Crippen molar-refractivity contribution in [2.75, 3.05) is 0 Å². The Labute approximate surface area is 122 Å². The highest BCUT2D eigenvalue weighted by atomic mass is 16.1. The van der Waals surface area contributed by atoms with Crippen LogP contribution in [0, 0.1) is 19.8 Å². The third-order valence-corrected chi connectivity index (χ3v) is 4.21. The average Bonchev–Trinajstić information content (AvgIpc) is 2.62. The van der Waals surface area contributed by atoms with Gasteiger partial charge in [0.15, 0.2) is 0 Å². The third-order valence-electron chi connectivity index (χ3n) is 4.21. The predicted octanol–water partition coefficient (Wildman–Crippen LogP) is 2.91. The number of hydrogen-bond acceptors (Lipinski definition) is 2. The lowest BCUT2D eigenvalue weighted by molar-refractivity contribution is -0.122. The minimum atomic E-state index is 0.151. The smallest absolute Gasteiger partial charge is 0.220 e. The molecule has 1 N–H and O–H groups in total. The molecule has 0 aromatic carbocycles. The second-order valence-electron chi connectivity index (χ2n) is 5.83. The van der Waals surface area contributed by atoms with E-state index in [1.807, 2.05) is 18.7 Å². The number of carbonyl (C=O) groups excluding carboxylic acids is 1. The molecule has 1 amide bonds. The molecule has 0 aliphatic rings. The molecule has 0 saturated heterocycles. The molecule has 0 aliphatic heterocycles. The third kappa shape index (κ3) is 4.36. The van der Waals surface area contributed by atoms with Crippen molar-refractivity contribution in [1.82, 2.24) is 15.1 Å². The Bertz CT molecular complexity index is 447. The standard InChI is InChI=1S/C16H29N3O/c1-7-14(8-2)10-16(20)17-11(3)9-15-12(4)18-19(6)13(15)5/h11,14H,7-10H2,1-6H3,(H,17,20)/t11-/m1/s1. The van der Waals surface area contributed by atoms with Crippen molar-refractivity contribution in [2.24, 2.45) is 13.0 Å². The summed E-state index contributed by atoms with van der Waals surface area (Å²) in [4.78, 5) is 12.0. The van der Waals surface area contributed by atoms with E-state index < -0.39 is 0 Å². The summed E-state index contributed by atoms with van der Waals surface area (Å²) in [6.45, 7) is 10.5. The number of amides is 1. The highest BCUT2D eigenvalue weighted by molar-refractivity contribution is 5.76. The molecule has 1 aromatic heterocycles. The average molecular weight is 279 g/mol. The SMILES string of the molecule is CCC(CC)CC(=O)N[C@H](C)Cc1c(C)nn(C)c1C. The summed E-state index contributed by atoms with van der Waals surface area (Å²) >= 11 is 0. The molecule has 0 aliphatic carbocycles. The fourth-order valence-electron chi connectivity index (χ4n) is 2.64. The Morgan fingerprint density at radius 2 is 1.90 bits per heavy atom. The van der Waals surface area contributed by atoms with Crippen LogP contribution in [-0.4, -0.2) is 21.7 Å². The lowest BCUT2D eigenvalue weighted by atomic mass is 9.98. The topological polar surface area (TPSA) is 46.9 Å². The van der Waals surface area contributed by atoms with Crippen LogP contribution in [0.1, 0.15) is 57.0 Å². The van der Waals surface area contributed by atoms with Gasteiger partial charge >= 0.3 is 0 Å². The first-order valence-corrected chi connectivity index (χ1v) is 7.67. The normalized spacial score (nSPS) is 12.8. The van der Waals surface area contributed by atoms with Gasteiger partial charge in [-0.1, -0.05) is 26.7 Å². The number of rotatable bonds is 7. The Kier molecular flexibility index (Phi) is 6.24. The summed E-state index contributed by atoms with van der Waals surface area (Å²) in [7, 11) is 1.96. The Morgan fingerprint density at radius 3 is 2.35 bits per heavy atom. The highest BCUT2D eigenvalue weighted by Crippen LogP contribution is 2.15. The molecule has 4 heteroatoms. The molecule has 0 saturated carbocycles. The minimum absolute atomic E-state index is 0.151. The first kappa shape index (κ1) is 16.7. The molecule has 4 nitrogen and oxygen atoms in total. The molecule has 1 heterocycles. The molecule has 1 atom stereocenters. The largest absolute Gasteiger partial charge is 0.353 e. The fraction of sp³-hybridized carbons (Fsp3) is 0.750. The van der Waals surface area contributed by atoms with E-state index in [1.54, 1.807) is 0 Å². The number of carbonyl (C=O) groups is 1. The molecular weight excluding hydrogens is 250 g/mol. The van der Waals surface area contributed by atoms with Gasteiger partial charge in [-0.2, -0.15) is 5.10 Å². The minimum Gasteiger partial charge on any atom is -0.353 e. The van der Waals surface area contributed by atoms with Gasteiger partial charge in [-0.05, 0) is 38.7 Å². The Hall–Kier alpha value is -1.32. The van der Waals surface area contributed by atoms with Crippen molar-refractivity contribution in [3.8, 4) is 0 Å². The van der Waals surface area contributed by atoms with Crippen molar-refractivity contribution < 1.29 is 4.79 Å². The van der Waals surface area contributed by atoms with E-state index in [2.05, 4.69) is 38.1 Å². The molecule has 20 heavy (non-hydrogen) atoms. The van der Waals surface area contributed by atoms with Gasteiger partial charge in [0, 0.05) is 25.2 Å². The zero-order valence-electron chi connectivity index (χ0n) is 13.8. The fourth-order valence-corrected chi connectivity index (χ4v) is 2.64. The van der Waals surface area contributed by atoms with E-state index in [-0.39, 0.29) is 11.9 Å². The van der Waals surface area contributed by atoms with Crippen LogP contribution in [0.2, 0.25) is 0 Å². The second kappa shape index (κ2) is 7.46. The van der Waals surface area contributed by atoms with Crippen LogP contribution in [-0.2, 0) is 18.3 Å². The van der Waals surface area contributed by atoms with Crippen LogP contribution in [0.25, 0.3) is 0 Å². The molecule has 0 unspecified atom stereocenters. The van der Waals surface area contributed by atoms with Crippen molar-refractivity contribution >= 4 is 5.91 Å². The molecule has 0 fully saturated rings. The van der Waals surface area contributed by atoms with E-state index in [9.17, 15) is 4.79 Å². The quantitative estimate of drug-likeness (QED) is 0.834. The zero-order chi connectivity index (χ0) is 15.3. The van der Waals surface area contributed by atoms with Gasteiger partial charge in [0.2, 0.25) is 5.91 Å². The summed E-state index contributed by atoms with van der Waals surface area (Å²) in [5.74, 6) is 0.675. The molecule has 1 aromatic rings. The van der Waals surface area contributed by atoms with Crippen molar-refractivity contribution in [2.45, 2.75) is 66.3 Å². The monoisotopic (exact) mass is 279 g/mol. The summed E-state index contributed by atoms with van der Waals surface area (Å²) in [6, 6.07) is 0.151. The van der Waals surface area contributed by atoms with Crippen LogP contribution in [0.3, 0.4) is 0 Å². The van der Waals surface area contributed by atoms with Gasteiger partial charge in [0.05, 0.1) is 5.69 Å². The number of aryl methyl sites for hydroxylation is 2. The zero-order valence-corrected chi connectivity index (χ0v) is 13.8. The van der Waals surface area contributed by atoms with E-state index in [1.165, 1.54) is 11.3 Å². The second-order valence-corrected chi connectivity index (χ2v) is 5.83. The molecular formula is C16H29N3O. The maximum atomic E-state index is 12.0. The lowest BCUT2D eigenvalue weighted by Gasteiger charge is -2.17. The van der Waals surface area contributed by atoms with Crippen molar-refractivity contribution in [1.29, 1.82) is 0 Å². The van der Waals surface area contributed by atoms with Crippen LogP contribution in [0.4, 0.5) is 0 Å². The molecule has 114 valence electrons. The molecule has 0 radical (unpaired) electrons. The van der Waals surface area contributed by atoms with E-state index >= 15 is 0 Å². The summed E-state index contributed by atoms with van der Waals surface area (Å²) < 4.78 is 1.91. The van der Waals surface area contributed by atoms with Gasteiger partial charge < -0.3 is 5.32 Å². The maximum absolute atomic E-state index is 12.0. The maximum Gasteiger partial charge on any atom is 0.220 e. The van der Waals surface area contributed by atoms with Crippen molar-refractivity contribution in [3.63, 3.8) is 0 Å². The predicted molar refractivity (Wildman–Crippen MR) is 82.7 cm³/mol. The van der Waals surface area contributed by atoms with Crippen molar-refractivity contribution in [3.05, 3.63) is 17.0 Å². The summed E-state index contributed by atoms with van der Waals surface area (Å²) in [5.41, 5.74) is 3.50. The lowest BCUT2D eigenvalue weighted by Crippen LogP contribution is -2.35. The van der Waals surface area contributed by atoms with Crippen LogP contribution in [0.15, 0.2) is 0 Å². The van der Waals surface area contributed by atoms with Gasteiger partial charge in [-0.25, -0.2) is 0 Å². The molecule has 1 rings (SSSR count). The Balaban J connectivity index is 2.55. The highest BCUT2D eigenvalue weighted by Gasteiger charge is 2.16. The van der Waals surface area contributed by atoms with E-state index in [0.717, 1.165) is 25.0 Å². The molecule has 0 spiro atoms.